The second-order valence-electron chi connectivity index (χ2n) is 6.05. The molecule has 0 radical (unpaired) electrons. The average Bonchev–Trinajstić information content (AvgIpc) is 2.97. The van der Waals surface area contributed by atoms with Crippen LogP contribution < -0.4 is 5.32 Å². The van der Waals surface area contributed by atoms with Gasteiger partial charge in [0.15, 0.2) is 5.82 Å². The van der Waals surface area contributed by atoms with Crippen molar-refractivity contribution in [2.45, 2.75) is 20.8 Å². The third-order valence-electron chi connectivity index (χ3n) is 4.09. The van der Waals surface area contributed by atoms with E-state index in [0.717, 1.165) is 33.8 Å². The molecule has 124 valence electrons. The molecule has 3 heterocycles. The lowest BCUT2D eigenvalue weighted by Crippen LogP contribution is -2.07. The van der Waals surface area contributed by atoms with Crippen molar-refractivity contribution in [1.29, 1.82) is 0 Å². The van der Waals surface area contributed by atoms with Gasteiger partial charge in [0.05, 0.1) is 11.2 Å². The van der Waals surface area contributed by atoms with E-state index in [4.69, 9.17) is 4.98 Å². The molecular formula is C19H18N6. The van der Waals surface area contributed by atoms with Gasteiger partial charge in [0, 0.05) is 23.8 Å². The molecule has 0 aliphatic heterocycles. The minimum Gasteiger partial charge on any atom is -0.309 e. The summed E-state index contributed by atoms with van der Waals surface area (Å²) in [4.78, 5) is 13.3. The van der Waals surface area contributed by atoms with Gasteiger partial charge >= 0.3 is 0 Å². The summed E-state index contributed by atoms with van der Waals surface area (Å²) in [5, 5.41) is 8.96. The zero-order valence-electron chi connectivity index (χ0n) is 14.4. The number of nitrogens with one attached hydrogen (secondary N) is 1. The van der Waals surface area contributed by atoms with Crippen LogP contribution in [0.1, 0.15) is 16.8 Å². The van der Waals surface area contributed by atoms with Crippen molar-refractivity contribution in [2.24, 2.45) is 0 Å². The summed E-state index contributed by atoms with van der Waals surface area (Å²) in [5.41, 5.74) is 4.20. The van der Waals surface area contributed by atoms with Crippen molar-refractivity contribution in [3.63, 3.8) is 0 Å². The van der Waals surface area contributed by atoms with Gasteiger partial charge in [-0.1, -0.05) is 18.2 Å². The maximum absolute atomic E-state index is 4.84. The predicted molar refractivity (Wildman–Crippen MR) is 98.4 cm³/mol. The number of fused-ring (bicyclic) bond motifs is 1. The molecule has 0 aliphatic rings. The van der Waals surface area contributed by atoms with Gasteiger partial charge < -0.3 is 5.32 Å². The maximum atomic E-state index is 4.84. The first-order valence-corrected chi connectivity index (χ1v) is 8.10. The maximum Gasteiger partial charge on any atom is 0.228 e. The fraction of sp³-hybridized carbons (Fsp3) is 0.158. The van der Waals surface area contributed by atoms with Crippen LogP contribution in [0.5, 0.6) is 0 Å². The number of hydrogen-bond acceptors (Lipinski definition) is 5. The monoisotopic (exact) mass is 330 g/mol. The summed E-state index contributed by atoms with van der Waals surface area (Å²) in [5.74, 6) is 2.08. The number of aromatic nitrogens is 5. The molecule has 4 rings (SSSR count). The van der Waals surface area contributed by atoms with Crippen LogP contribution in [0.4, 0.5) is 11.8 Å². The molecule has 0 amide bonds. The van der Waals surface area contributed by atoms with Crippen LogP contribution in [0, 0.1) is 20.8 Å². The number of para-hydroxylation sites is 1. The van der Waals surface area contributed by atoms with Gasteiger partial charge in [0.2, 0.25) is 5.95 Å². The molecule has 0 bridgehead atoms. The number of nitrogens with zero attached hydrogens (tertiary/aromatic N) is 5. The lowest BCUT2D eigenvalue weighted by molar-refractivity contribution is 0.841. The Labute approximate surface area is 145 Å². The van der Waals surface area contributed by atoms with Crippen LogP contribution in [0.2, 0.25) is 0 Å². The van der Waals surface area contributed by atoms with E-state index < -0.39 is 0 Å². The van der Waals surface area contributed by atoms with Gasteiger partial charge in [-0.2, -0.15) is 9.78 Å². The molecule has 0 saturated heterocycles. The summed E-state index contributed by atoms with van der Waals surface area (Å²) in [7, 11) is 0. The van der Waals surface area contributed by atoms with Crippen molar-refractivity contribution in [3.8, 4) is 5.82 Å². The Bertz CT molecular complexity index is 1050. The molecule has 1 aromatic carbocycles. The van der Waals surface area contributed by atoms with Crippen molar-refractivity contribution in [3.05, 3.63) is 65.6 Å². The quantitative estimate of drug-likeness (QED) is 0.617. The first-order chi connectivity index (χ1) is 12.1. The minimum atomic E-state index is 0.525. The van der Waals surface area contributed by atoms with E-state index in [-0.39, 0.29) is 0 Å². The molecule has 1 N–H and O–H groups in total. The van der Waals surface area contributed by atoms with E-state index in [9.17, 15) is 0 Å². The number of anilines is 2. The number of benzene rings is 1. The Kier molecular flexibility index (Phi) is 3.65. The van der Waals surface area contributed by atoms with Crippen molar-refractivity contribution in [1.82, 2.24) is 24.7 Å². The molecule has 0 saturated carbocycles. The van der Waals surface area contributed by atoms with E-state index in [1.54, 1.807) is 23.1 Å². The van der Waals surface area contributed by atoms with E-state index >= 15 is 0 Å². The van der Waals surface area contributed by atoms with Gasteiger partial charge in [-0.05, 0) is 44.0 Å². The smallest absolute Gasteiger partial charge is 0.228 e. The van der Waals surface area contributed by atoms with E-state index in [2.05, 4.69) is 52.4 Å². The topological polar surface area (TPSA) is 68.5 Å². The number of rotatable bonds is 3. The van der Waals surface area contributed by atoms with Crippen LogP contribution in [0.3, 0.4) is 0 Å². The normalized spacial score (nSPS) is 11.0. The van der Waals surface area contributed by atoms with E-state index in [0.29, 0.717) is 5.95 Å². The van der Waals surface area contributed by atoms with Crippen molar-refractivity contribution < 1.29 is 0 Å². The van der Waals surface area contributed by atoms with Crippen molar-refractivity contribution in [2.75, 3.05) is 5.32 Å². The minimum absolute atomic E-state index is 0.525. The first-order valence-electron chi connectivity index (χ1n) is 8.10. The Hall–Kier alpha value is -3.28. The fourth-order valence-corrected chi connectivity index (χ4v) is 2.89. The lowest BCUT2D eigenvalue weighted by atomic mass is 10.1. The zero-order valence-corrected chi connectivity index (χ0v) is 14.4. The van der Waals surface area contributed by atoms with Crippen LogP contribution >= 0.6 is 0 Å². The van der Waals surface area contributed by atoms with Gasteiger partial charge in [0.25, 0.3) is 0 Å². The molecule has 6 nitrogen and oxygen atoms in total. The van der Waals surface area contributed by atoms with Gasteiger partial charge in [-0.25, -0.2) is 15.0 Å². The summed E-state index contributed by atoms with van der Waals surface area (Å²) < 4.78 is 1.80. The summed E-state index contributed by atoms with van der Waals surface area (Å²) in [6.07, 6.45) is 3.40. The zero-order chi connectivity index (χ0) is 17.4. The van der Waals surface area contributed by atoms with Gasteiger partial charge in [-0.3, -0.25) is 0 Å². The largest absolute Gasteiger partial charge is 0.309 e. The Morgan fingerprint density at radius 1 is 0.920 bits per heavy atom. The summed E-state index contributed by atoms with van der Waals surface area (Å²) in [6, 6.07) is 12.0. The standard InChI is InChI=1S/C19H18N6/c1-12-6-4-7-15-13(2)10-16(22-18(12)15)25-17(11-14(3)24-25)23-19-20-8-5-9-21-19/h4-11H,1-3H3,(H,20,21,23). The molecule has 0 aliphatic carbocycles. The van der Waals surface area contributed by atoms with Crippen LogP contribution in [-0.4, -0.2) is 24.7 Å². The number of aryl methyl sites for hydroxylation is 3. The third kappa shape index (κ3) is 2.82. The Morgan fingerprint density at radius 2 is 1.72 bits per heavy atom. The molecule has 0 unspecified atom stereocenters. The van der Waals surface area contributed by atoms with Gasteiger partial charge in [0.1, 0.15) is 5.82 Å². The second kappa shape index (κ2) is 5.98. The molecular weight excluding hydrogens is 312 g/mol. The molecule has 4 aromatic rings. The molecule has 0 spiro atoms. The van der Waals surface area contributed by atoms with E-state index in [1.165, 1.54) is 5.56 Å². The number of pyridine rings is 1. The predicted octanol–water partition coefficient (Wildman–Crippen LogP) is 3.88. The third-order valence-corrected chi connectivity index (χ3v) is 4.09. The molecule has 3 aromatic heterocycles. The molecule has 0 fully saturated rings. The Morgan fingerprint density at radius 3 is 2.52 bits per heavy atom. The van der Waals surface area contributed by atoms with E-state index in [1.807, 2.05) is 19.1 Å². The first kappa shape index (κ1) is 15.3. The van der Waals surface area contributed by atoms with Crippen LogP contribution in [0.25, 0.3) is 16.7 Å². The highest BCUT2D eigenvalue weighted by atomic mass is 15.4. The highest BCUT2D eigenvalue weighted by Crippen LogP contribution is 2.25. The SMILES string of the molecule is Cc1cc(Nc2ncccn2)n(-c2cc(C)c3cccc(C)c3n2)n1. The molecule has 6 heteroatoms. The Balaban J connectivity index is 1.85. The van der Waals surface area contributed by atoms with Gasteiger partial charge in [-0.15, -0.1) is 0 Å². The highest BCUT2D eigenvalue weighted by Gasteiger charge is 2.12. The average molecular weight is 330 g/mol. The fourth-order valence-electron chi connectivity index (χ4n) is 2.89. The highest BCUT2D eigenvalue weighted by molar-refractivity contribution is 5.85. The second-order valence-corrected chi connectivity index (χ2v) is 6.05. The van der Waals surface area contributed by atoms with Crippen LogP contribution in [-0.2, 0) is 0 Å². The summed E-state index contributed by atoms with van der Waals surface area (Å²) >= 11 is 0. The number of hydrogen-bond donors (Lipinski definition) is 1. The molecule has 0 atom stereocenters. The molecule has 25 heavy (non-hydrogen) atoms. The van der Waals surface area contributed by atoms with Crippen molar-refractivity contribution >= 4 is 22.7 Å². The lowest BCUT2D eigenvalue weighted by Gasteiger charge is -2.11. The summed E-state index contributed by atoms with van der Waals surface area (Å²) in [6.45, 7) is 6.12. The van der Waals surface area contributed by atoms with Crippen LogP contribution in [0.15, 0.2) is 48.8 Å².